The summed E-state index contributed by atoms with van der Waals surface area (Å²) < 4.78 is 7.66. The lowest BCUT2D eigenvalue weighted by molar-refractivity contribution is 0.340. The number of nitrogens with two attached hydrogens (primary N) is 1. The standard InChI is InChI=1S/C15H15BrINO/c1-2-19-12-7-8-13(14(16)9-12)15(18)10-3-5-11(17)6-4-10/h3-9,15H,2,18H2,1H3. The number of ether oxygens (including phenoxy) is 1. The number of benzene rings is 2. The Morgan fingerprint density at radius 3 is 2.47 bits per heavy atom. The first-order valence-corrected chi connectivity index (χ1v) is 7.92. The van der Waals surface area contributed by atoms with Crippen molar-refractivity contribution in [2.75, 3.05) is 6.61 Å². The molecule has 0 amide bonds. The first-order chi connectivity index (χ1) is 9.11. The fourth-order valence-corrected chi connectivity index (χ4v) is 2.83. The minimum Gasteiger partial charge on any atom is -0.494 e. The maximum atomic E-state index is 6.32. The van der Waals surface area contributed by atoms with Crippen LogP contribution in [-0.2, 0) is 0 Å². The van der Waals surface area contributed by atoms with Gasteiger partial charge in [-0.2, -0.15) is 0 Å². The van der Waals surface area contributed by atoms with Crippen molar-refractivity contribution >= 4 is 38.5 Å². The van der Waals surface area contributed by atoms with Crippen LogP contribution in [0.1, 0.15) is 24.1 Å². The Morgan fingerprint density at radius 2 is 1.89 bits per heavy atom. The van der Waals surface area contributed by atoms with Crippen molar-refractivity contribution in [1.29, 1.82) is 0 Å². The number of hydrogen-bond donors (Lipinski definition) is 1. The van der Waals surface area contributed by atoms with Crippen LogP contribution in [0.15, 0.2) is 46.9 Å². The quantitative estimate of drug-likeness (QED) is 0.723. The monoisotopic (exact) mass is 431 g/mol. The summed E-state index contributed by atoms with van der Waals surface area (Å²) in [5.74, 6) is 0.855. The number of halogens is 2. The molecule has 0 spiro atoms. The van der Waals surface area contributed by atoms with Crippen molar-refractivity contribution in [3.05, 3.63) is 61.6 Å². The Balaban J connectivity index is 2.28. The molecule has 2 nitrogen and oxygen atoms in total. The molecule has 2 rings (SSSR count). The Hall–Kier alpha value is -0.590. The second-order valence-corrected chi connectivity index (χ2v) is 6.25. The summed E-state index contributed by atoms with van der Waals surface area (Å²) in [7, 11) is 0. The first-order valence-electron chi connectivity index (χ1n) is 6.05. The molecule has 2 N–H and O–H groups in total. The van der Waals surface area contributed by atoms with Crippen molar-refractivity contribution in [2.24, 2.45) is 5.73 Å². The molecule has 0 aliphatic rings. The maximum Gasteiger partial charge on any atom is 0.120 e. The molecular formula is C15H15BrINO. The maximum absolute atomic E-state index is 6.32. The number of rotatable bonds is 4. The summed E-state index contributed by atoms with van der Waals surface area (Å²) in [5.41, 5.74) is 8.48. The Kier molecular flexibility index (Phi) is 5.24. The predicted molar refractivity (Wildman–Crippen MR) is 90.5 cm³/mol. The Morgan fingerprint density at radius 1 is 1.21 bits per heavy atom. The third-order valence-corrected chi connectivity index (χ3v) is 4.25. The fourth-order valence-electron chi connectivity index (χ4n) is 1.87. The van der Waals surface area contributed by atoms with Gasteiger partial charge in [0, 0.05) is 8.04 Å². The molecule has 0 saturated carbocycles. The van der Waals surface area contributed by atoms with E-state index in [1.54, 1.807) is 0 Å². The summed E-state index contributed by atoms with van der Waals surface area (Å²) in [6, 6.07) is 14.1. The van der Waals surface area contributed by atoms with Crippen molar-refractivity contribution in [1.82, 2.24) is 0 Å². The molecule has 0 bridgehead atoms. The third-order valence-electron chi connectivity index (χ3n) is 2.85. The molecule has 0 radical (unpaired) electrons. The van der Waals surface area contributed by atoms with Crippen molar-refractivity contribution < 1.29 is 4.74 Å². The van der Waals surface area contributed by atoms with E-state index in [4.69, 9.17) is 10.5 Å². The second kappa shape index (κ2) is 6.72. The van der Waals surface area contributed by atoms with Gasteiger partial charge in [0.15, 0.2) is 0 Å². The summed E-state index contributed by atoms with van der Waals surface area (Å²) in [4.78, 5) is 0. The van der Waals surface area contributed by atoms with Crippen molar-refractivity contribution in [3.8, 4) is 5.75 Å². The smallest absolute Gasteiger partial charge is 0.120 e. The molecule has 0 fully saturated rings. The molecule has 0 saturated heterocycles. The van der Waals surface area contributed by atoms with Crippen LogP contribution in [0.5, 0.6) is 5.75 Å². The highest BCUT2D eigenvalue weighted by Crippen LogP contribution is 2.30. The summed E-state index contributed by atoms with van der Waals surface area (Å²) >= 11 is 5.86. The molecule has 2 aromatic carbocycles. The summed E-state index contributed by atoms with van der Waals surface area (Å²) in [5, 5.41) is 0. The van der Waals surface area contributed by atoms with E-state index in [1.807, 2.05) is 25.1 Å². The van der Waals surface area contributed by atoms with E-state index in [0.717, 1.165) is 21.3 Å². The van der Waals surface area contributed by atoms with Crippen LogP contribution in [0.4, 0.5) is 0 Å². The molecule has 0 aromatic heterocycles. The zero-order chi connectivity index (χ0) is 13.8. The molecule has 1 unspecified atom stereocenters. The second-order valence-electron chi connectivity index (χ2n) is 4.15. The lowest BCUT2D eigenvalue weighted by Crippen LogP contribution is -2.12. The predicted octanol–water partition coefficient (Wildman–Crippen LogP) is 4.50. The van der Waals surface area contributed by atoms with Crippen LogP contribution in [0.3, 0.4) is 0 Å². The van der Waals surface area contributed by atoms with Gasteiger partial charge in [-0.3, -0.25) is 0 Å². The molecule has 100 valence electrons. The summed E-state index contributed by atoms with van der Waals surface area (Å²) in [6.07, 6.45) is 0. The van der Waals surface area contributed by atoms with Crippen molar-refractivity contribution in [2.45, 2.75) is 13.0 Å². The minimum absolute atomic E-state index is 0.137. The van der Waals surface area contributed by atoms with Crippen LogP contribution in [-0.4, -0.2) is 6.61 Å². The molecule has 0 heterocycles. The van der Waals surface area contributed by atoms with E-state index < -0.39 is 0 Å². The largest absolute Gasteiger partial charge is 0.494 e. The van der Waals surface area contributed by atoms with E-state index in [-0.39, 0.29) is 6.04 Å². The van der Waals surface area contributed by atoms with Crippen LogP contribution in [0, 0.1) is 3.57 Å². The minimum atomic E-state index is -0.137. The van der Waals surface area contributed by atoms with Crippen LogP contribution >= 0.6 is 38.5 Å². The Labute approximate surface area is 135 Å². The average molecular weight is 432 g/mol. The van der Waals surface area contributed by atoms with Crippen LogP contribution in [0.25, 0.3) is 0 Å². The molecule has 1 atom stereocenters. The van der Waals surface area contributed by atoms with Gasteiger partial charge in [-0.05, 0) is 64.9 Å². The van der Waals surface area contributed by atoms with E-state index in [2.05, 4.69) is 62.8 Å². The third kappa shape index (κ3) is 3.70. The van der Waals surface area contributed by atoms with Gasteiger partial charge in [-0.15, -0.1) is 0 Å². The van der Waals surface area contributed by atoms with Crippen molar-refractivity contribution in [3.63, 3.8) is 0 Å². The summed E-state index contributed by atoms with van der Waals surface area (Å²) in [6.45, 7) is 2.63. The van der Waals surface area contributed by atoms with E-state index in [0.29, 0.717) is 6.61 Å². The lowest BCUT2D eigenvalue weighted by atomic mass is 10.00. The number of hydrogen-bond acceptors (Lipinski definition) is 2. The molecule has 0 aliphatic carbocycles. The van der Waals surface area contributed by atoms with Gasteiger partial charge in [0.1, 0.15) is 5.75 Å². The molecule has 19 heavy (non-hydrogen) atoms. The van der Waals surface area contributed by atoms with Gasteiger partial charge in [0.05, 0.1) is 12.6 Å². The van der Waals surface area contributed by atoms with Gasteiger partial charge in [-0.25, -0.2) is 0 Å². The van der Waals surface area contributed by atoms with E-state index in [1.165, 1.54) is 3.57 Å². The van der Waals surface area contributed by atoms with Gasteiger partial charge in [-0.1, -0.05) is 34.1 Å². The molecule has 0 aliphatic heterocycles. The molecular weight excluding hydrogens is 417 g/mol. The molecule has 2 aromatic rings. The first kappa shape index (κ1) is 14.8. The normalized spacial score (nSPS) is 12.2. The van der Waals surface area contributed by atoms with E-state index >= 15 is 0 Å². The lowest BCUT2D eigenvalue weighted by Gasteiger charge is -2.15. The zero-order valence-corrected chi connectivity index (χ0v) is 14.3. The Bertz CT molecular complexity index is 557. The van der Waals surface area contributed by atoms with Gasteiger partial charge < -0.3 is 10.5 Å². The fraction of sp³-hybridized carbons (Fsp3) is 0.200. The van der Waals surface area contributed by atoms with E-state index in [9.17, 15) is 0 Å². The van der Waals surface area contributed by atoms with Crippen LogP contribution < -0.4 is 10.5 Å². The van der Waals surface area contributed by atoms with Crippen LogP contribution in [0.2, 0.25) is 0 Å². The topological polar surface area (TPSA) is 35.2 Å². The highest BCUT2D eigenvalue weighted by molar-refractivity contribution is 14.1. The van der Waals surface area contributed by atoms with Gasteiger partial charge in [0.25, 0.3) is 0 Å². The molecule has 4 heteroatoms. The highest BCUT2D eigenvalue weighted by atomic mass is 127. The zero-order valence-electron chi connectivity index (χ0n) is 10.6. The highest BCUT2D eigenvalue weighted by Gasteiger charge is 2.12. The van der Waals surface area contributed by atoms with Gasteiger partial charge in [0.2, 0.25) is 0 Å². The van der Waals surface area contributed by atoms with Gasteiger partial charge >= 0.3 is 0 Å². The SMILES string of the molecule is CCOc1ccc(C(N)c2ccc(I)cc2)c(Br)c1. The average Bonchev–Trinajstić information content (AvgIpc) is 2.39.